The molecule has 1 aromatic rings. The smallest absolute Gasteiger partial charge is 0.317 e. The van der Waals surface area contributed by atoms with Gasteiger partial charge in [-0.05, 0) is 43.0 Å². The van der Waals surface area contributed by atoms with Gasteiger partial charge in [0.1, 0.15) is 0 Å². The first-order chi connectivity index (χ1) is 12.5. The summed E-state index contributed by atoms with van der Waals surface area (Å²) in [6, 6.07) is 4.08. The molecular formula is C20H31N3O2S. The van der Waals surface area contributed by atoms with Gasteiger partial charge in [-0.1, -0.05) is 19.9 Å². The molecule has 3 heterocycles. The standard InChI is InChI=1S/C20H31N3O2S/c1-16(2)7-11-22-14-20(9-6-18(22)24)8-4-10-23(15-20)19(25)21-13-17-5-3-12-26-17/h3,5,12,16H,4,6-11,13-15H2,1-2H3,(H,21,25)/t20-/m0/s1. The normalized spacial score (nSPS) is 23.7. The van der Waals surface area contributed by atoms with Crippen LogP contribution >= 0.6 is 11.3 Å². The Hall–Kier alpha value is -1.56. The monoisotopic (exact) mass is 377 g/mol. The Morgan fingerprint density at radius 3 is 2.92 bits per heavy atom. The molecule has 26 heavy (non-hydrogen) atoms. The summed E-state index contributed by atoms with van der Waals surface area (Å²) in [5, 5.41) is 5.08. The Balaban J connectivity index is 1.57. The minimum absolute atomic E-state index is 0.0307. The molecule has 3 amide bonds. The van der Waals surface area contributed by atoms with E-state index in [0.717, 1.165) is 51.9 Å². The lowest BCUT2D eigenvalue weighted by molar-refractivity contribution is -0.139. The molecule has 1 spiro atoms. The van der Waals surface area contributed by atoms with Crippen molar-refractivity contribution in [2.45, 2.75) is 52.5 Å². The Morgan fingerprint density at radius 1 is 1.35 bits per heavy atom. The molecule has 2 fully saturated rings. The number of hydrogen-bond donors (Lipinski definition) is 1. The number of thiophene rings is 1. The predicted molar refractivity (Wildman–Crippen MR) is 105 cm³/mol. The van der Waals surface area contributed by atoms with Gasteiger partial charge >= 0.3 is 6.03 Å². The van der Waals surface area contributed by atoms with E-state index in [0.29, 0.717) is 18.9 Å². The molecule has 144 valence electrons. The largest absolute Gasteiger partial charge is 0.342 e. The molecule has 1 atom stereocenters. The maximum absolute atomic E-state index is 12.6. The molecule has 1 aromatic heterocycles. The molecule has 0 bridgehead atoms. The van der Waals surface area contributed by atoms with Crippen molar-refractivity contribution in [2.75, 3.05) is 26.2 Å². The summed E-state index contributed by atoms with van der Waals surface area (Å²) in [5.74, 6) is 0.891. The number of nitrogens with zero attached hydrogens (tertiary/aromatic N) is 2. The van der Waals surface area contributed by atoms with Gasteiger partial charge in [-0.2, -0.15) is 0 Å². The highest BCUT2D eigenvalue weighted by molar-refractivity contribution is 7.09. The molecule has 6 heteroatoms. The predicted octanol–water partition coefficient (Wildman–Crippen LogP) is 3.71. The van der Waals surface area contributed by atoms with Crippen molar-refractivity contribution >= 4 is 23.3 Å². The Labute approximate surface area is 160 Å². The van der Waals surface area contributed by atoms with Gasteiger partial charge in [0.25, 0.3) is 0 Å². The van der Waals surface area contributed by atoms with Crippen molar-refractivity contribution in [3.8, 4) is 0 Å². The van der Waals surface area contributed by atoms with E-state index in [1.165, 1.54) is 4.88 Å². The lowest BCUT2D eigenvalue weighted by Gasteiger charge is -2.48. The van der Waals surface area contributed by atoms with E-state index in [4.69, 9.17) is 0 Å². The number of amides is 3. The number of carbonyl (C=O) groups is 2. The SMILES string of the molecule is CC(C)CCN1C[C@]2(CCCN(C(=O)NCc3cccs3)C2)CCC1=O. The highest BCUT2D eigenvalue weighted by atomic mass is 32.1. The van der Waals surface area contributed by atoms with E-state index in [-0.39, 0.29) is 17.4 Å². The lowest BCUT2D eigenvalue weighted by Crippen LogP contribution is -2.56. The fourth-order valence-corrected chi connectivity index (χ4v) is 4.77. The van der Waals surface area contributed by atoms with E-state index >= 15 is 0 Å². The fourth-order valence-electron chi connectivity index (χ4n) is 4.12. The first-order valence-electron chi connectivity index (χ1n) is 9.80. The second kappa shape index (κ2) is 8.42. The van der Waals surface area contributed by atoms with Gasteiger partial charge < -0.3 is 15.1 Å². The van der Waals surface area contributed by atoms with Crippen molar-refractivity contribution in [1.29, 1.82) is 0 Å². The van der Waals surface area contributed by atoms with Gasteiger partial charge in [0.15, 0.2) is 0 Å². The van der Waals surface area contributed by atoms with Crippen LogP contribution in [0.15, 0.2) is 17.5 Å². The minimum Gasteiger partial charge on any atom is -0.342 e. The zero-order valence-electron chi connectivity index (χ0n) is 16.0. The summed E-state index contributed by atoms with van der Waals surface area (Å²) in [5.41, 5.74) is 0.0867. The van der Waals surface area contributed by atoms with E-state index in [2.05, 4.69) is 24.1 Å². The van der Waals surface area contributed by atoms with E-state index in [9.17, 15) is 9.59 Å². The summed E-state index contributed by atoms with van der Waals surface area (Å²) in [6.07, 6.45) is 4.74. The quantitative estimate of drug-likeness (QED) is 0.850. The van der Waals surface area contributed by atoms with E-state index in [1.54, 1.807) is 11.3 Å². The topological polar surface area (TPSA) is 52.6 Å². The summed E-state index contributed by atoms with van der Waals surface area (Å²) in [7, 11) is 0. The summed E-state index contributed by atoms with van der Waals surface area (Å²) < 4.78 is 0. The molecule has 2 aliphatic rings. The van der Waals surface area contributed by atoms with Crippen LogP contribution in [0.2, 0.25) is 0 Å². The zero-order chi connectivity index (χ0) is 18.6. The lowest BCUT2D eigenvalue weighted by atomic mass is 9.73. The molecule has 3 rings (SSSR count). The van der Waals surface area contributed by atoms with Crippen molar-refractivity contribution < 1.29 is 9.59 Å². The van der Waals surface area contributed by atoms with Crippen LogP contribution in [-0.2, 0) is 11.3 Å². The Bertz CT molecular complexity index is 617. The fraction of sp³-hybridized carbons (Fsp3) is 0.700. The van der Waals surface area contributed by atoms with Crippen molar-refractivity contribution in [2.24, 2.45) is 11.3 Å². The summed E-state index contributed by atoms with van der Waals surface area (Å²) in [6.45, 7) is 8.25. The number of nitrogens with one attached hydrogen (secondary N) is 1. The Morgan fingerprint density at radius 2 is 2.19 bits per heavy atom. The Kier molecular flexibility index (Phi) is 6.22. The molecule has 2 saturated heterocycles. The average Bonchev–Trinajstić information content (AvgIpc) is 3.14. The third-order valence-corrected chi connectivity index (χ3v) is 6.54. The molecular weight excluding hydrogens is 346 g/mol. The first kappa shape index (κ1) is 19.2. The number of carbonyl (C=O) groups excluding carboxylic acids is 2. The van der Waals surface area contributed by atoms with Crippen LogP contribution in [0.4, 0.5) is 4.79 Å². The third kappa shape index (κ3) is 4.78. The molecule has 0 aliphatic carbocycles. The number of urea groups is 1. The summed E-state index contributed by atoms with van der Waals surface area (Å²) in [4.78, 5) is 30.1. The van der Waals surface area contributed by atoms with Gasteiger partial charge in [0, 0.05) is 42.9 Å². The minimum atomic E-state index is 0.0307. The van der Waals surface area contributed by atoms with E-state index in [1.807, 2.05) is 22.4 Å². The van der Waals surface area contributed by atoms with Crippen LogP contribution in [0.5, 0.6) is 0 Å². The molecule has 0 aromatic carbocycles. The maximum atomic E-state index is 12.6. The molecule has 5 nitrogen and oxygen atoms in total. The van der Waals surface area contributed by atoms with Gasteiger partial charge in [-0.15, -0.1) is 11.3 Å². The van der Waals surface area contributed by atoms with Gasteiger partial charge in [-0.25, -0.2) is 4.79 Å². The molecule has 2 aliphatic heterocycles. The molecule has 0 saturated carbocycles. The number of hydrogen-bond acceptors (Lipinski definition) is 3. The number of rotatable bonds is 5. The number of piperidine rings is 2. The number of likely N-dealkylation sites (tertiary alicyclic amines) is 2. The van der Waals surface area contributed by atoms with Crippen molar-refractivity contribution in [3.63, 3.8) is 0 Å². The van der Waals surface area contributed by atoms with Crippen molar-refractivity contribution in [1.82, 2.24) is 15.1 Å². The average molecular weight is 378 g/mol. The van der Waals surface area contributed by atoms with Crippen LogP contribution in [0.25, 0.3) is 0 Å². The van der Waals surface area contributed by atoms with Crippen molar-refractivity contribution in [3.05, 3.63) is 22.4 Å². The highest BCUT2D eigenvalue weighted by Crippen LogP contribution is 2.39. The van der Waals surface area contributed by atoms with E-state index < -0.39 is 0 Å². The highest BCUT2D eigenvalue weighted by Gasteiger charge is 2.42. The molecule has 1 N–H and O–H groups in total. The van der Waals surface area contributed by atoms with Gasteiger partial charge in [0.2, 0.25) is 5.91 Å². The second-order valence-corrected chi connectivity index (χ2v) is 9.29. The maximum Gasteiger partial charge on any atom is 0.317 e. The zero-order valence-corrected chi connectivity index (χ0v) is 16.8. The van der Waals surface area contributed by atoms with Gasteiger partial charge in [0.05, 0.1) is 6.54 Å². The third-order valence-electron chi connectivity index (χ3n) is 5.67. The van der Waals surface area contributed by atoms with Crippen LogP contribution in [0.1, 0.15) is 50.8 Å². The molecule has 0 unspecified atom stereocenters. The first-order valence-corrected chi connectivity index (χ1v) is 10.7. The van der Waals surface area contributed by atoms with Gasteiger partial charge in [-0.3, -0.25) is 4.79 Å². The molecule has 0 radical (unpaired) electrons. The van der Waals surface area contributed by atoms with Crippen LogP contribution < -0.4 is 5.32 Å². The van der Waals surface area contributed by atoms with Crippen LogP contribution in [-0.4, -0.2) is 47.9 Å². The second-order valence-electron chi connectivity index (χ2n) is 8.26. The van der Waals surface area contributed by atoms with Crippen LogP contribution in [0.3, 0.4) is 0 Å². The van der Waals surface area contributed by atoms with Crippen LogP contribution in [0, 0.1) is 11.3 Å². The summed E-state index contributed by atoms with van der Waals surface area (Å²) >= 11 is 1.66.